The number of aryl methyl sites for hydroxylation is 4. The van der Waals surface area contributed by atoms with Gasteiger partial charge in [-0.25, -0.2) is 18.6 Å². The van der Waals surface area contributed by atoms with Crippen molar-refractivity contribution in [2.75, 3.05) is 0 Å². The topological polar surface area (TPSA) is 176 Å². The van der Waals surface area contributed by atoms with Gasteiger partial charge in [0.2, 0.25) is 0 Å². The van der Waals surface area contributed by atoms with Gasteiger partial charge in [-0.2, -0.15) is 0 Å². The molecule has 0 bridgehead atoms. The number of nitrogens with one attached hydrogen (secondary N) is 2. The molecule has 0 spiro atoms. The van der Waals surface area contributed by atoms with Crippen molar-refractivity contribution in [3.63, 3.8) is 0 Å². The van der Waals surface area contributed by atoms with Crippen molar-refractivity contribution in [1.82, 2.24) is 20.6 Å². The zero-order chi connectivity index (χ0) is 57.7. The zero-order valence-corrected chi connectivity index (χ0v) is 49.8. The van der Waals surface area contributed by atoms with Gasteiger partial charge in [-0.15, -0.1) is 10.2 Å². The van der Waals surface area contributed by atoms with Crippen molar-refractivity contribution >= 4 is 59.5 Å². The van der Waals surface area contributed by atoms with Gasteiger partial charge in [-0.3, -0.25) is 19.6 Å². The predicted octanol–water partition coefficient (Wildman–Crippen LogP) is 8.49. The van der Waals surface area contributed by atoms with Gasteiger partial charge in [0.05, 0.1) is 46.0 Å². The minimum Gasteiger partial charge on any atom is -0.345 e. The number of amides is 2. The normalized spacial score (nSPS) is 11.4. The third kappa shape index (κ3) is 18.8. The smallest absolute Gasteiger partial charge is 0.345 e. The van der Waals surface area contributed by atoms with Crippen LogP contribution in [0.25, 0.3) is 11.4 Å². The maximum absolute atomic E-state index is 13.1. The molecular weight excluding hydrogens is 1130 g/mol. The fourth-order valence-corrected chi connectivity index (χ4v) is 13.8. The quantitative estimate of drug-likeness (QED) is 0.0854. The van der Waals surface area contributed by atoms with Crippen molar-refractivity contribution < 1.29 is 55.5 Å². The Kier molecular flexibility index (Phi) is 24.6. The second kappa shape index (κ2) is 31.6. The standard InChI is InChI=1S/C32H34N4O2.2C18H15P.ClHO4.Cu/c1-19-17-27(33-23(5)29(19)31(37)35-21(3)25-13-9-7-10-14-25)28-18-20(2)30(24(6)34-28)32(38)36-22(4)26-15-11-8-12-16-26;2*1-4-10-16(11-5-1)19(17-12-6-2-7-13-17)18-14-8-3-9-15-18;2-1(3,4)5;/h7-18,21-22H,1-6H3,(H,35,37)(H,36,38);2*1-15H;(H,2,3,4,5);/q;;;;+1/p-1/t21-,22-;;;;/m0..../s1. The summed E-state index contributed by atoms with van der Waals surface area (Å²) >= 11 is 0. The van der Waals surface area contributed by atoms with Gasteiger partial charge in [-0.1, -0.05) is 243 Å². The van der Waals surface area contributed by atoms with Crippen LogP contribution in [0.15, 0.2) is 255 Å². The Bertz CT molecular complexity index is 3070. The molecular formula is C68H64ClCuN4O6P2. The van der Waals surface area contributed by atoms with Crippen LogP contribution in [0.5, 0.6) is 0 Å². The monoisotopic (exact) mass is 1190 g/mol. The maximum Gasteiger partial charge on any atom is 1.00 e. The average molecular weight is 1190 g/mol. The molecule has 14 heteroatoms. The molecule has 10 rings (SSSR count). The first-order valence-corrected chi connectivity index (χ1v) is 30.2. The summed E-state index contributed by atoms with van der Waals surface area (Å²) in [7, 11) is -5.84. The molecule has 0 aliphatic carbocycles. The molecule has 10 aromatic rings. The van der Waals surface area contributed by atoms with Gasteiger partial charge in [0.15, 0.2) is 0 Å². The van der Waals surface area contributed by atoms with Gasteiger partial charge in [0, 0.05) is 0 Å². The summed E-state index contributed by atoms with van der Waals surface area (Å²) in [6.07, 6.45) is 0. The van der Waals surface area contributed by atoms with Crippen LogP contribution < -0.4 is 61.1 Å². The molecule has 2 N–H and O–H groups in total. The molecule has 0 saturated heterocycles. The van der Waals surface area contributed by atoms with E-state index in [-0.39, 0.29) is 41.0 Å². The third-order valence-electron chi connectivity index (χ3n) is 12.9. The van der Waals surface area contributed by atoms with E-state index in [1.165, 1.54) is 31.8 Å². The molecule has 420 valence electrons. The molecule has 0 aliphatic heterocycles. The first kappa shape index (κ1) is 63.7. The number of pyridine rings is 2. The molecule has 2 aromatic heterocycles. The molecule has 2 heterocycles. The second-order valence-corrected chi connectivity index (χ2v) is 24.0. The number of rotatable bonds is 13. The van der Waals surface area contributed by atoms with Gasteiger partial charge < -0.3 is 10.6 Å². The van der Waals surface area contributed by atoms with Crippen molar-refractivity contribution in [2.45, 2.75) is 53.6 Å². The Labute approximate surface area is 497 Å². The molecule has 2 amide bonds. The SMILES string of the molecule is Cc1cc(-c2cc(C)c(C(=O)N[C@@H](C)c3ccccc3)c(C)n2)nc(C)c1C(=O)N[C@@H](C)c1ccccc1.[Cu+].[O-][Cl+3]([O-])([O-])[O-].c1ccc(P(c2ccccc2)c2ccccc2)cc1.c1ccc(P(c2ccccc2)c2ccccc2)cc1. The first-order chi connectivity index (χ1) is 39.0. The summed E-state index contributed by atoms with van der Waals surface area (Å²) in [5, 5.41) is 14.5. The van der Waals surface area contributed by atoms with Crippen LogP contribution >= 0.6 is 15.8 Å². The number of carbonyl (C=O) groups excluding carboxylic acids is 2. The molecule has 8 aromatic carbocycles. The van der Waals surface area contributed by atoms with E-state index in [0.717, 1.165) is 22.3 Å². The second-order valence-electron chi connectivity index (χ2n) is 18.8. The average Bonchev–Trinajstić information content (AvgIpc) is 3.67. The number of carbonyl (C=O) groups is 2. The number of hydrogen-bond acceptors (Lipinski definition) is 8. The Hall–Kier alpha value is -7.49. The zero-order valence-electron chi connectivity index (χ0n) is 46.3. The van der Waals surface area contributed by atoms with E-state index >= 15 is 0 Å². The van der Waals surface area contributed by atoms with Gasteiger partial charge >= 0.3 is 17.1 Å². The van der Waals surface area contributed by atoms with Crippen molar-refractivity contribution in [3.8, 4) is 11.4 Å². The molecule has 0 fully saturated rings. The fraction of sp³-hybridized carbons (Fsp3) is 0.118. The number of aromatic nitrogens is 2. The Morgan fingerprint density at radius 2 is 0.573 bits per heavy atom. The van der Waals surface area contributed by atoms with E-state index in [1.54, 1.807) is 0 Å². The van der Waals surface area contributed by atoms with Gasteiger partial charge in [0.25, 0.3) is 11.8 Å². The molecule has 0 aliphatic rings. The van der Waals surface area contributed by atoms with E-state index in [4.69, 9.17) is 28.6 Å². The summed E-state index contributed by atoms with van der Waals surface area (Å²) in [6.45, 7) is 11.4. The van der Waals surface area contributed by atoms with Gasteiger partial charge in [-0.05, 0) is 124 Å². The fourth-order valence-electron chi connectivity index (χ4n) is 9.16. The molecule has 2 atom stereocenters. The first-order valence-electron chi connectivity index (χ1n) is 26.3. The molecule has 0 radical (unpaired) electrons. The minimum atomic E-state index is -4.94. The van der Waals surface area contributed by atoms with Crippen molar-refractivity contribution in [3.05, 3.63) is 300 Å². The largest absolute Gasteiger partial charge is 1.00 e. The van der Waals surface area contributed by atoms with E-state index in [9.17, 15) is 9.59 Å². The van der Waals surface area contributed by atoms with Gasteiger partial charge in [0.1, 0.15) is 0 Å². The molecule has 82 heavy (non-hydrogen) atoms. The Morgan fingerprint density at radius 1 is 0.378 bits per heavy atom. The number of nitrogens with zero attached hydrogens (tertiary/aromatic N) is 2. The number of halogens is 1. The van der Waals surface area contributed by atoms with E-state index in [2.05, 4.69) is 193 Å². The maximum atomic E-state index is 13.1. The summed E-state index contributed by atoms with van der Waals surface area (Å²) < 4.78 is 34.0. The Morgan fingerprint density at radius 3 is 0.768 bits per heavy atom. The molecule has 10 nitrogen and oxygen atoms in total. The van der Waals surface area contributed by atoms with Crippen molar-refractivity contribution in [2.24, 2.45) is 0 Å². The van der Waals surface area contributed by atoms with Crippen LogP contribution in [0.4, 0.5) is 0 Å². The van der Waals surface area contributed by atoms with Crippen LogP contribution in [-0.4, -0.2) is 21.8 Å². The van der Waals surface area contributed by atoms with Crippen LogP contribution in [-0.2, 0) is 17.1 Å². The minimum absolute atomic E-state index is 0. The molecule has 0 unspecified atom stereocenters. The predicted molar refractivity (Wildman–Crippen MR) is 321 cm³/mol. The van der Waals surface area contributed by atoms with Crippen molar-refractivity contribution in [1.29, 1.82) is 0 Å². The van der Waals surface area contributed by atoms with E-state index in [1.807, 2.05) is 114 Å². The summed E-state index contributed by atoms with van der Waals surface area (Å²) in [6, 6.07) is 87.9. The van der Waals surface area contributed by atoms with Crippen LogP contribution in [0.1, 0.15) is 80.3 Å². The summed E-state index contributed by atoms with van der Waals surface area (Å²) in [5.74, 6) is -0.314. The summed E-state index contributed by atoms with van der Waals surface area (Å²) in [4.78, 5) is 35.7. The number of benzene rings is 8. The number of hydrogen-bond donors (Lipinski definition) is 2. The van der Waals surface area contributed by atoms with Crippen LogP contribution in [0.2, 0.25) is 0 Å². The van der Waals surface area contributed by atoms with Crippen LogP contribution in [0, 0.1) is 37.9 Å². The summed E-state index contributed by atoms with van der Waals surface area (Å²) in [5.41, 5.74) is 7.46. The Balaban J connectivity index is 0.000000205. The van der Waals surface area contributed by atoms with E-state index < -0.39 is 26.1 Å². The van der Waals surface area contributed by atoms with E-state index in [0.29, 0.717) is 33.9 Å². The van der Waals surface area contributed by atoms with Crippen LogP contribution in [0.3, 0.4) is 0 Å². The molecule has 0 saturated carbocycles. The third-order valence-corrected chi connectivity index (χ3v) is 17.8.